The fourth-order valence-corrected chi connectivity index (χ4v) is 15.7. The zero-order valence-corrected chi connectivity index (χ0v) is 73.7. The van der Waals surface area contributed by atoms with Gasteiger partial charge >= 0.3 is 39.5 Å². The van der Waals surface area contributed by atoms with E-state index in [1.807, 2.05) is 0 Å². The molecule has 17 nitrogen and oxygen atoms in total. The minimum absolute atomic E-state index is 0.106. The Morgan fingerprint density at radius 3 is 0.697 bits per heavy atom. The highest BCUT2D eigenvalue weighted by Gasteiger charge is 2.31. The first-order valence-corrected chi connectivity index (χ1v) is 49.5. The molecular weight excluding hydrogens is 1410 g/mol. The maximum absolute atomic E-state index is 13.2. The number of phosphoric acid groups is 2. The number of rotatable bonds is 89. The summed E-state index contributed by atoms with van der Waals surface area (Å²) in [7, 11) is -9.93. The second kappa shape index (κ2) is 81.2. The Hall–Kier alpha value is -1.94. The SMILES string of the molecule is CCCCCCCCCCCCCCCCCCCCCCCC(=O)OC[C@H](COP(=O)(O)OC[C@@H](O)COP(=O)(O)OC[C@@H](COC(=O)CCCCCCCCCCCCC(C)C)OC(=O)CCCCCCCCCCCCC(C)CC)OC(=O)CCCCCCCCCCCCCCCCCCCCCCC. The van der Waals surface area contributed by atoms with Gasteiger partial charge in [0.05, 0.1) is 26.4 Å². The summed E-state index contributed by atoms with van der Waals surface area (Å²) in [5.41, 5.74) is 0. The van der Waals surface area contributed by atoms with Gasteiger partial charge in [-0.05, 0) is 37.5 Å². The molecule has 0 aliphatic rings. The standard InChI is InChI=1S/C90H176O17P2/c1-7-10-12-14-16-18-20-22-24-26-28-30-32-34-36-38-40-48-54-60-66-72-87(92)100-78-85(106-89(94)74-68-62-56-50-41-39-37-35-33-31-29-27-25-23-21-19-17-15-13-11-8-2)80-104-108(96,97)102-76-84(91)77-103-109(98,99)105-81-86(79-101-88(93)73-67-61-55-49-44-42-46-52-58-64-70-82(4)5)107-90(95)75-69-63-57-51-45-43-47-53-59-65-71-83(6)9-3/h82-86,91H,7-81H2,1-6H3,(H,96,97)(H,98,99)/t83?,84-,85-,86-/m1/s1. The molecule has 0 radical (unpaired) electrons. The Morgan fingerprint density at radius 1 is 0.266 bits per heavy atom. The molecule has 0 bridgehead atoms. The number of unbranched alkanes of at least 4 members (excludes halogenated alkanes) is 58. The predicted octanol–water partition coefficient (Wildman–Crippen LogP) is 27.8. The Balaban J connectivity index is 5.24. The van der Waals surface area contributed by atoms with Crippen molar-refractivity contribution in [3.63, 3.8) is 0 Å². The lowest BCUT2D eigenvalue weighted by Crippen LogP contribution is -2.30. The summed E-state index contributed by atoms with van der Waals surface area (Å²) in [6.45, 7) is 9.71. The van der Waals surface area contributed by atoms with E-state index in [1.165, 1.54) is 302 Å². The molecule has 0 rings (SSSR count). The summed E-state index contributed by atoms with van der Waals surface area (Å²) in [5.74, 6) is -0.537. The van der Waals surface area contributed by atoms with Gasteiger partial charge in [0.2, 0.25) is 0 Å². The molecule has 0 amide bonds. The third-order valence-electron chi connectivity index (χ3n) is 21.6. The summed E-state index contributed by atoms with van der Waals surface area (Å²) in [6, 6.07) is 0. The molecular formula is C90H176O17P2. The van der Waals surface area contributed by atoms with Crippen LogP contribution in [0.5, 0.6) is 0 Å². The lowest BCUT2D eigenvalue weighted by Gasteiger charge is -2.21. The largest absolute Gasteiger partial charge is 0.472 e. The first-order valence-electron chi connectivity index (χ1n) is 46.5. The quantitative estimate of drug-likeness (QED) is 0.0222. The van der Waals surface area contributed by atoms with Gasteiger partial charge in [0.15, 0.2) is 12.2 Å². The van der Waals surface area contributed by atoms with Crippen molar-refractivity contribution in [2.45, 2.75) is 503 Å². The van der Waals surface area contributed by atoms with Crippen LogP contribution in [0.25, 0.3) is 0 Å². The van der Waals surface area contributed by atoms with Crippen LogP contribution in [0.4, 0.5) is 0 Å². The van der Waals surface area contributed by atoms with Crippen LogP contribution < -0.4 is 0 Å². The van der Waals surface area contributed by atoms with Crippen LogP contribution in [0.1, 0.15) is 485 Å². The molecule has 3 N–H and O–H groups in total. The second-order valence-corrected chi connectivity index (χ2v) is 36.0. The third-order valence-corrected chi connectivity index (χ3v) is 23.5. The van der Waals surface area contributed by atoms with E-state index in [0.29, 0.717) is 25.7 Å². The number of ether oxygens (including phenoxy) is 4. The van der Waals surface area contributed by atoms with Crippen LogP contribution in [0.2, 0.25) is 0 Å². The zero-order chi connectivity index (χ0) is 79.9. The molecule has 0 saturated carbocycles. The topological polar surface area (TPSA) is 237 Å². The molecule has 0 aliphatic heterocycles. The fourth-order valence-electron chi connectivity index (χ4n) is 14.1. The smallest absolute Gasteiger partial charge is 0.462 e. The highest BCUT2D eigenvalue weighted by molar-refractivity contribution is 7.47. The van der Waals surface area contributed by atoms with E-state index in [0.717, 1.165) is 102 Å². The molecule has 19 heteroatoms. The van der Waals surface area contributed by atoms with Gasteiger partial charge in [-0.3, -0.25) is 37.3 Å². The molecule has 0 saturated heterocycles. The summed E-state index contributed by atoms with van der Waals surface area (Å²) < 4.78 is 69.0. The van der Waals surface area contributed by atoms with Crippen LogP contribution >= 0.6 is 15.6 Å². The van der Waals surface area contributed by atoms with Crippen LogP contribution in [-0.4, -0.2) is 96.7 Å². The maximum Gasteiger partial charge on any atom is 0.472 e. The third kappa shape index (κ3) is 82.4. The van der Waals surface area contributed by atoms with Crippen molar-refractivity contribution in [3.8, 4) is 0 Å². The van der Waals surface area contributed by atoms with E-state index < -0.39 is 97.5 Å². The van der Waals surface area contributed by atoms with Crippen molar-refractivity contribution < 1.29 is 80.2 Å². The maximum atomic E-state index is 13.2. The summed E-state index contributed by atoms with van der Waals surface area (Å²) in [6.07, 6.45) is 75.1. The lowest BCUT2D eigenvalue weighted by atomic mass is 9.99. The van der Waals surface area contributed by atoms with E-state index in [-0.39, 0.29) is 25.7 Å². The molecule has 0 aromatic carbocycles. The molecule has 648 valence electrons. The van der Waals surface area contributed by atoms with Crippen molar-refractivity contribution in [2.24, 2.45) is 11.8 Å². The molecule has 109 heavy (non-hydrogen) atoms. The Morgan fingerprint density at radius 2 is 0.468 bits per heavy atom. The molecule has 0 spiro atoms. The molecule has 0 fully saturated rings. The van der Waals surface area contributed by atoms with E-state index in [1.54, 1.807) is 0 Å². The van der Waals surface area contributed by atoms with Gasteiger partial charge in [-0.2, -0.15) is 0 Å². The van der Waals surface area contributed by atoms with Crippen molar-refractivity contribution >= 4 is 39.5 Å². The van der Waals surface area contributed by atoms with Crippen molar-refractivity contribution in [1.82, 2.24) is 0 Å². The first kappa shape index (κ1) is 107. The summed E-state index contributed by atoms with van der Waals surface area (Å²) >= 11 is 0. The Bertz CT molecular complexity index is 2080. The minimum Gasteiger partial charge on any atom is -0.462 e. The normalized spacial score (nSPS) is 14.0. The van der Waals surface area contributed by atoms with Crippen molar-refractivity contribution in [3.05, 3.63) is 0 Å². The van der Waals surface area contributed by atoms with Gasteiger partial charge in [0, 0.05) is 25.7 Å². The van der Waals surface area contributed by atoms with Gasteiger partial charge in [0.25, 0.3) is 0 Å². The van der Waals surface area contributed by atoms with Gasteiger partial charge in [-0.15, -0.1) is 0 Å². The number of carbonyl (C=O) groups is 4. The number of hydrogen-bond donors (Lipinski definition) is 3. The van der Waals surface area contributed by atoms with Gasteiger partial charge in [0.1, 0.15) is 19.3 Å². The number of aliphatic hydroxyl groups excluding tert-OH is 1. The summed E-state index contributed by atoms with van der Waals surface area (Å²) in [4.78, 5) is 73.4. The molecule has 0 heterocycles. The monoisotopic (exact) mass is 1590 g/mol. The molecule has 0 aliphatic carbocycles. The molecule has 3 unspecified atom stereocenters. The highest BCUT2D eigenvalue weighted by atomic mass is 31.2. The number of phosphoric ester groups is 2. The van der Waals surface area contributed by atoms with Crippen molar-refractivity contribution in [1.29, 1.82) is 0 Å². The molecule has 0 aromatic heterocycles. The van der Waals surface area contributed by atoms with Crippen molar-refractivity contribution in [2.75, 3.05) is 39.6 Å². The van der Waals surface area contributed by atoms with Crippen LogP contribution in [0, 0.1) is 11.8 Å². The number of esters is 4. The van der Waals surface area contributed by atoms with Crippen LogP contribution in [0.15, 0.2) is 0 Å². The van der Waals surface area contributed by atoms with E-state index in [4.69, 9.17) is 37.0 Å². The summed E-state index contributed by atoms with van der Waals surface area (Å²) in [5, 5.41) is 10.7. The highest BCUT2D eigenvalue weighted by Crippen LogP contribution is 2.45. The van der Waals surface area contributed by atoms with Crippen LogP contribution in [-0.2, 0) is 65.4 Å². The van der Waals surface area contributed by atoms with E-state index >= 15 is 0 Å². The first-order chi connectivity index (χ1) is 52.9. The van der Waals surface area contributed by atoms with Gasteiger partial charge in [-0.25, -0.2) is 9.13 Å². The predicted molar refractivity (Wildman–Crippen MR) is 451 cm³/mol. The number of hydrogen-bond acceptors (Lipinski definition) is 15. The Kier molecular flexibility index (Phi) is 79.8. The second-order valence-electron chi connectivity index (χ2n) is 33.1. The lowest BCUT2D eigenvalue weighted by molar-refractivity contribution is -0.161. The average molecular weight is 1590 g/mol. The average Bonchev–Trinajstić information content (AvgIpc) is 0.900. The number of carbonyl (C=O) groups excluding carboxylic acids is 4. The van der Waals surface area contributed by atoms with Crippen LogP contribution in [0.3, 0.4) is 0 Å². The van der Waals surface area contributed by atoms with Gasteiger partial charge in [-0.1, -0.05) is 433 Å². The molecule has 6 atom stereocenters. The minimum atomic E-state index is -4.97. The number of aliphatic hydroxyl groups is 1. The van der Waals surface area contributed by atoms with E-state index in [9.17, 15) is 43.2 Å². The zero-order valence-electron chi connectivity index (χ0n) is 71.9. The molecule has 0 aromatic rings. The fraction of sp³-hybridized carbons (Fsp3) is 0.956. The van der Waals surface area contributed by atoms with E-state index in [2.05, 4.69) is 41.5 Å². The Labute approximate surface area is 670 Å². The van der Waals surface area contributed by atoms with Gasteiger partial charge < -0.3 is 33.8 Å².